The van der Waals surface area contributed by atoms with Crippen LogP contribution in [0.1, 0.15) is 97.5 Å². The average molecular weight is 579 g/mol. The molecule has 0 bridgehead atoms. The third-order valence-corrected chi connectivity index (χ3v) is 14.9. The first-order valence-corrected chi connectivity index (χ1v) is 16.7. The zero-order valence-corrected chi connectivity index (χ0v) is 26.4. The second kappa shape index (κ2) is 10.4. The smallest absolute Gasteiger partial charge is 0.312 e. The zero-order valence-electron chi connectivity index (χ0n) is 26.4. The molecule has 5 aliphatic carbocycles. The molecule has 3 N–H and O–H groups in total. The fourth-order valence-electron chi connectivity index (χ4n) is 12.4. The van der Waals surface area contributed by atoms with Gasteiger partial charge in [0.1, 0.15) is 6.61 Å². The van der Waals surface area contributed by atoms with E-state index < -0.39 is 16.9 Å². The van der Waals surface area contributed by atoms with Crippen molar-refractivity contribution >= 4 is 5.97 Å². The van der Waals surface area contributed by atoms with Gasteiger partial charge in [0.15, 0.2) is 0 Å². The number of carbonyl (C=O) groups is 1. The Labute approximate surface area is 253 Å². The standard InChI is InChI=1S/C37H54O5/c1-24(21-38)26-13-18-37(32(41)42-22-25-9-7-6-8-10-25)20-19-35(4)27(31(26)37)11-12-29-33(2)16-15-30(40)34(3,23-39)28(33)14-17-36(29,35)5/h6-10,26-31,38-40H,1,11-23H2,2-5H3/t26-,27?,28+,29?,30?,31?,33-,34-,35+,36+,37-/m0/s1. The highest BCUT2D eigenvalue weighted by Gasteiger charge is 2.72. The van der Waals surface area contributed by atoms with Crippen molar-refractivity contribution in [3.63, 3.8) is 0 Å². The topological polar surface area (TPSA) is 87.0 Å². The normalized spacial score (nSPS) is 47.9. The molecule has 0 radical (unpaired) electrons. The summed E-state index contributed by atoms with van der Waals surface area (Å²) in [6.07, 6.45) is 9.20. The Balaban J connectivity index is 1.35. The number of aliphatic hydroxyl groups is 3. The Morgan fingerprint density at radius 1 is 0.881 bits per heavy atom. The highest BCUT2D eigenvalue weighted by atomic mass is 16.5. The van der Waals surface area contributed by atoms with Crippen molar-refractivity contribution in [2.75, 3.05) is 13.2 Å². The summed E-state index contributed by atoms with van der Waals surface area (Å²) in [6.45, 7) is 14.3. The summed E-state index contributed by atoms with van der Waals surface area (Å²) in [6, 6.07) is 9.97. The van der Waals surface area contributed by atoms with Gasteiger partial charge in [0.2, 0.25) is 0 Å². The molecule has 1 aromatic rings. The molecule has 232 valence electrons. The van der Waals surface area contributed by atoms with Crippen molar-refractivity contribution in [2.45, 2.75) is 105 Å². The van der Waals surface area contributed by atoms with Gasteiger partial charge in [-0.2, -0.15) is 0 Å². The molecule has 5 fully saturated rings. The summed E-state index contributed by atoms with van der Waals surface area (Å²) in [5, 5.41) is 31.9. The third kappa shape index (κ3) is 4.01. The lowest BCUT2D eigenvalue weighted by Gasteiger charge is -2.72. The second-order valence-electron chi connectivity index (χ2n) is 16.1. The number of hydrogen-bond acceptors (Lipinski definition) is 5. The van der Waals surface area contributed by atoms with Gasteiger partial charge < -0.3 is 20.1 Å². The van der Waals surface area contributed by atoms with Crippen LogP contribution in [-0.4, -0.2) is 40.6 Å². The lowest BCUT2D eigenvalue weighted by atomic mass is 9.32. The fourth-order valence-corrected chi connectivity index (χ4v) is 12.4. The van der Waals surface area contributed by atoms with Crippen LogP contribution in [0.25, 0.3) is 0 Å². The van der Waals surface area contributed by atoms with Crippen LogP contribution in [0, 0.1) is 56.7 Å². The van der Waals surface area contributed by atoms with E-state index in [1.165, 1.54) is 0 Å². The van der Waals surface area contributed by atoms with E-state index in [4.69, 9.17) is 4.74 Å². The van der Waals surface area contributed by atoms with Gasteiger partial charge in [-0.1, -0.05) is 64.6 Å². The molecule has 0 saturated heterocycles. The fraction of sp³-hybridized carbons (Fsp3) is 0.757. The molecule has 42 heavy (non-hydrogen) atoms. The summed E-state index contributed by atoms with van der Waals surface area (Å²) >= 11 is 0. The van der Waals surface area contributed by atoms with Crippen molar-refractivity contribution in [1.82, 2.24) is 0 Å². The number of aliphatic hydroxyl groups excluding tert-OH is 3. The molecule has 0 heterocycles. The predicted molar refractivity (Wildman–Crippen MR) is 164 cm³/mol. The molecule has 6 rings (SSSR count). The summed E-state index contributed by atoms with van der Waals surface area (Å²) in [5.41, 5.74) is 1.16. The largest absolute Gasteiger partial charge is 0.460 e. The van der Waals surface area contributed by atoms with Crippen LogP contribution in [-0.2, 0) is 16.1 Å². The van der Waals surface area contributed by atoms with Crippen molar-refractivity contribution in [3.8, 4) is 0 Å². The molecule has 5 aliphatic rings. The Hall–Kier alpha value is -1.69. The van der Waals surface area contributed by atoms with E-state index in [0.717, 1.165) is 75.3 Å². The Morgan fingerprint density at radius 2 is 1.62 bits per heavy atom. The Morgan fingerprint density at radius 3 is 2.31 bits per heavy atom. The van der Waals surface area contributed by atoms with E-state index in [1.54, 1.807) is 0 Å². The van der Waals surface area contributed by atoms with Crippen LogP contribution < -0.4 is 0 Å². The van der Waals surface area contributed by atoms with Crippen molar-refractivity contribution in [2.24, 2.45) is 56.7 Å². The number of esters is 1. The second-order valence-corrected chi connectivity index (χ2v) is 16.1. The number of ether oxygens (including phenoxy) is 1. The zero-order chi connectivity index (χ0) is 30.1. The molecule has 0 amide bonds. The lowest BCUT2D eigenvalue weighted by Crippen LogP contribution is -2.67. The quantitative estimate of drug-likeness (QED) is 0.259. The summed E-state index contributed by atoms with van der Waals surface area (Å²) < 4.78 is 6.13. The van der Waals surface area contributed by atoms with Gasteiger partial charge in [-0.15, -0.1) is 0 Å². The molecule has 0 aromatic heterocycles. The molecule has 4 unspecified atom stereocenters. The van der Waals surface area contributed by atoms with Gasteiger partial charge >= 0.3 is 5.97 Å². The first-order valence-electron chi connectivity index (χ1n) is 16.7. The van der Waals surface area contributed by atoms with Crippen LogP contribution in [0.15, 0.2) is 42.5 Å². The molecule has 5 saturated carbocycles. The molecular weight excluding hydrogens is 524 g/mol. The predicted octanol–water partition coefficient (Wildman–Crippen LogP) is 6.69. The van der Waals surface area contributed by atoms with Crippen molar-refractivity contribution in [3.05, 3.63) is 48.0 Å². The monoisotopic (exact) mass is 578 g/mol. The first kappa shape index (κ1) is 30.3. The Bertz CT molecular complexity index is 1200. The number of hydrogen-bond donors (Lipinski definition) is 3. The van der Waals surface area contributed by atoms with E-state index in [1.807, 2.05) is 30.3 Å². The van der Waals surface area contributed by atoms with Crippen LogP contribution in [0.5, 0.6) is 0 Å². The van der Waals surface area contributed by atoms with Crippen LogP contribution in [0.2, 0.25) is 0 Å². The van der Waals surface area contributed by atoms with Crippen molar-refractivity contribution < 1.29 is 24.9 Å². The number of carbonyl (C=O) groups excluding carboxylic acids is 1. The van der Waals surface area contributed by atoms with Crippen molar-refractivity contribution in [1.29, 1.82) is 0 Å². The molecule has 5 nitrogen and oxygen atoms in total. The third-order valence-electron chi connectivity index (χ3n) is 14.9. The first-order chi connectivity index (χ1) is 19.9. The van der Waals surface area contributed by atoms with E-state index in [0.29, 0.717) is 24.4 Å². The van der Waals surface area contributed by atoms with Crippen LogP contribution >= 0.6 is 0 Å². The molecular formula is C37H54O5. The maximum absolute atomic E-state index is 14.2. The van der Waals surface area contributed by atoms with Gasteiger partial charge in [-0.25, -0.2) is 0 Å². The van der Waals surface area contributed by atoms with Gasteiger partial charge in [-0.05, 0) is 121 Å². The van der Waals surface area contributed by atoms with Crippen LogP contribution in [0.3, 0.4) is 0 Å². The van der Waals surface area contributed by atoms with Crippen LogP contribution in [0.4, 0.5) is 0 Å². The van der Waals surface area contributed by atoms with Gasteiger partial charge in [0, 0.05) is 5.41 Å². The van der Waals surface area contributed by atoms with Gasteiger partial charge in [0.25, 0.3) is 0 Å². The lowest BCUT2D eigenvalue weighted by molar-refractivity contribution is -0.254. The minimum atomic E-state index is -0.517. The van der Waals surface area contributed by atoms with E-state index in [9.17, 15) is 20.1 Å². The van der Waals surface area contributed by atoms with Gasteiger partial charge in [0.05, 0.1) is 24.7 Å². The molecule has 0 aliphatic heterocycles. The SMILES string of the molecule is C=C(CO)[C@@H]1CC[C@]2(C(=O)OCc3ccccc3)CC[C@]3(C)C(CCC4[C@@]5(C)CCC(O)[C@@](C)(CO)[C@@H]5CC[C@]43C)C12. The molecule has 0 spiro atoms. The maximum Gasteiger partial charge on any atom is 0.312 e. The highest BCUT2D eigenvalue weighted by molar-refractivity contribution is 5.78. The number of rotatable bonds is 6. The summed E-state index contributed by atoms with van der Waals surface area (Å²) in [4.78, 5) is 14.2. The van der Waals surface area contributed by atoms with E-state index in [-0.39, 0.29) is 47.3 Å². The highest BCUT2D eigenvalue weighted by Crippen LogP contribution is 2.77. The minimum Gasteiger partial charge on any atom is -0.460 e. The van der Waals surface area contributed by atoms with Gasteiger partial charge in [-0.3, -0.25) is 4.79 Å². The number of benzene rings is 1. The van der Waals surface area contributed by atoms with E-state index in [2.05, 4.69) is 34.3 Å². The summed E-state index contributed by atoms with van der Waals surface area (Å²) in [5.74, 6) is 1.42. The molecule has 11 atom stereocenters. The minimum absolute atomic E-state index is 0.0263. The average Bonchev–Trinajstić information content (AvgIpc) is 3.39. The summed E-state index contributed by atoms with van der Waals surface area (Å²) in [7, 11) is 0. The number of fused-ring (bicyclic) bond motifs is 7. The molecule has 5 heteroatoms. The maximum atomic E-state index is 14.2. The molecule has 1 aromatic carbocycles. The Kier molecular flexibility index (Phi) is 7.55. The van der Waals surface area contributed by atoms with E-state index >= 15 is 0 Å².